The van der Waals surface area contributed by atoms with E-state index in [4.69, 9.17) is 9.47 Å². The van der Waals surface area contributed by atoms with Crippen molar-refractivity contribution in [3.8, 4) is 11.5 Å². The van der Waals surface area contributed by atoms with E-state index < -0.39 is 14.9 Å². The number of rotatable bonds is 8. The van der Waals surface area contributed by atoms with Crippen molar-refractivity contribution in [2.24, 2.45) is 5.92 Å². The number of nitro groups is 1. The lowest BCUT2D eigenvalue weighted by Crippen LogP contribution is -2.50. The van der Waals surface area contributed by atoms with Gasteiger partial charge in [0.05, 0.1) is 23.5 Å². The quantitative estimate of drug-likeness (QED) is 0.411. The van der Waals surface area contributed by atoms with E-state index in [9.17, 15) is 23.3 Å². The van der Waals surface area contributed by atoms with E-state index in [1.54, 1.807) is 30.0 Å². The minimum Gasteiger partial charge on any atom is -0.493 e. The minimum absolute atomic E-state index is 0.0862. The number of nitrogens with zero attached hydrogens (tertiary/aromatic N) is 3. The number of methoxy groups -OCH3 is 1. The Morgan fingerprint density at radius 3 is 2.35 bits per heavy atom. The summed E-state index contributed by atoms with van der Waals surface area (Å²) in [5.74, 6) is 1.10. The van der Waals surface area contributed by atoms with Gasteiger partial charge in [-0.3, -0.25) is 14.9 Å². The summed E-state index contributed by atoms with van der Waals surface area (Å²) < 4.78 is 38.6. The summed E-state index contributed by atoms with van der Waals surface area (Å²) in [6.07, 6.45) is 0. The van der Waals surface area contributed by atoms with Crippen molar-refractivity contribution in [3.05, 3.63) is 57.6 Å². The van der Waals surface area contributed by atoms with Crippen molar-refractivity contribution in [2.75, 3.05) is 39.9 Å². The molecule has 1 amide bonds. The summed E-state index contributed by atoms with van der Waals surface area (Å²) in [6, 6.07) is 8.76. The molecule has 1 heterocycles. The van der Waals surface area contributed by atoms with Crippen molar-refractivity contribution < 1.29 is 27.6 Å². The molecule has 2 aromatic rings. The maximum atomic E-state index is 13.1. The Balaban J connectivity index is 1.71. The van der Waals surface area contributed by atoms with Gasteiger partial charge in [-0.05, 0) is 36.6 Å². The van der Waals surface area contributed by atoms with Crippen LogP contribution in [-0.2, 0) is 10.0 Å². The SMILES string of the molecule is COc1cc(C(=O)N2CCN(S(=O)(=O)c3cc([N+](=O)[O-])ccc3C)CC2)ccc1OCC(C)C. The molecule has 3 rings (SSSR count). The molecule has 0 unspecified atom stereocenters. The Morgan fingerprint density at radius 1 is 1.09 bits per heavy atom. The summed E-state index contributed by atoms with van der Waals surface area (Å²) in [6.45, 7) is 6.74. The fraction of sp³-hybridized carbons (Fsp3) is 0.435. The van der Waals surface area contributed by atoms with Gasteiger partial charge in [-0.15, -0.1) is 0 Å². The van der Waals surface area contributed by atoms with Gasteiger partial charge in [0.1, 0.15) is 0 Å². The first-order valence-corrected chi connectivity index (χ1v) is 12.3. The first-order chi connectivity index (χ1) is 16.0. The predicted molar refractivity (Wildman–Crippen MR) is 126 cm³/mol. The molecule has 0 spiro atoms. The smallest absolute Gasteiger partial charge is 0.270 e. The van der Waals surface area contributed by atoms with E-state index in [2.05, 4.69) is 0 Å². The number of hydrogen-bond acceptors (Lipinski definition) is 7. The van der Waals surface area contributed by atoms with Gasteiger partial charge in [-0.2, -0.15) is 4.31 Å². The van der Waals surface area contributed by atoms with Gasteiger partial charge < -0.3 is 14.4 Å². The Labute approximate surface area is 199 Å². The summed E-state index contributed by atoms with van der Waals surface area (Å²) in [7, 11) is -2.43. The molecule has 1 aliphatic rings. The highest BCUT2D eigenvalue weighted by molar-refractivity contribution is 7.89. The molecule has 34 heavy (non-hydrogen) atoms. The van der Waals surface area contributed by atoms with Gasteiger partial charge in [0.15, 0.2) is 11.5 Å². The second-order valence-corrected chi connectivity index (χ2v) is 10.4. The van der Waals surface area contributed by atoms with Crippen LogP contribution in [0.3, 0.4) is 0 Å². The number of amides is 1. The Kier molecular flexibility index (Phi) is 7.78. The Morgan fingerprint density at radius 2 is 1.76 bits per heavy atom. The number of piperazine rings is 1. The van der Waals surface area contributed by atoms with Crippen molar-refractivity contribution in [1.82, 2.24) is 9.21 Å². The van der Waals surface area contributed by atoms with Crippen molar-refractivity contribution in [3.63, 3.8) is 0 Å². The topological polar surface area (TPSA) is 119 Å². The highest BCUT2D eigenvalue weighted by atomic mass is 32.2. The number of carbonyl (C=O) groups is 1. The normalized spacial score (nSPS) is 14.8. The Hall–Kier alpha value is -3.18. The van der Waals surface area contributed by atoms with Crippen LogP contribution in [0, 0.1) is 23.0 Å². The van der Waals surface area contributed by atoms with E-state index in [0.717, 1.165) is 6.07 Å². The van der Waals surface area contributed by atoms with Crippen LogP contribution in [0.15, 0.2) is 41.3 Å². The summed E-state index contributed by atoms with van der Waals surface area (Å²) in [5.41, 5.74) is 0.559. The third-order valence-electron chi connectivity index (χ3n) is 5.51. The van der Waals surface area contributed by atoms with Crippen LogP contribution in [0.4, 0.5) is 5.69 Å². The largest absolute Gasteiger partial charge is 0.493 e. The molecule has 10 nitrogen and oxygen atoms in total. The Bertz CT molecular complexity index is 1170. The van der Waals surface area contributed by atoms with Gasteiger partial charge in [-0.1, -0.05) is 19.9 Å². The van der Waals surface area contributed by atoms with Crippen LogP contribution in [0.2, 0.25) is 0 Å². The zero-order valence-corrected chi connectivity index (χ0v) is 20.5. The molecule has 0 aliphatic carbocycles. The summed E-state index contributed by atoms with van der Waals surface area (Å²) >= 11 is 0. The molecule has 0 radical (unpaired) electrons. The molecule has 0 saturated carbocycles. The molecule has 1 fully saturated rings. The van der Waals surface area contributed by atoms with Crippen molar-refractivity contribution >= 4 is 21.6 Å². The van der Waals surface area contributed by atoms with Crippen molar-refractivity contribution in [2.45, 2.75) is 25.7 Å². The molecule has 0 N–H and O–H groups in total. The number of benzene rings is 2. The minimum atomic E-state index is -3.94. The second-order valence-electron chi connectivity index (χ2n) is 8.47. The van der Waals surface area contributed by atoms with E-state index >= 15 is 0 Å². The fourth-order valence-electron chi connectivity index (χ4n) is 3.61. The van der Waals surface area contributed by atoms with E-state index in [0.29, 0.717) is 35.2 Å². The average Bonchev–Trinajstić information content (AvgIpc) is 2.82. The highest BCUT2D eigenvalue weighted by Crippen LogP contribution is 2.30. The average molecular weight is 492 g/mol. The van der Waals surface area contributed by atoms with Crippen LogP contribution >= 0.6 is 0 Å². The molecule has 184 valence electrons. The van der Waals surface area contributed by atoms with Crippen LogP contribution in [-0.4, -0.2) is 68.3 Å². The van der Waals surface area contributed by atoms with Crippen LogP contribution in [0.5, 0.6) is 11.5 Å². The lowest BCUT2D eigenvalue weighted by molar-refractivity contribution is -0.385. The van der Waals surface area contributed by atoms with Crippen LogP contribution in [0.1, 0.15) is 29.8 Å². The maximum Gasteiger partial charge on any atom is 0.270 e. The molecule has 2 aromatic carbocycles. The zero-order chi connectivity index (χ0) is 25.0. The molecule has 1 aliphatic heterocycles. The van der Waals surface area contributed by atoms with Gasteiger partial charge in [0.2, 0.25) is 10.0 Å². The second kappa shape index (κ2) is 10.4. The molecule has 1 saturated heterocycles. The van der Waals surface area contributed by atoms with E-state index in [-0.39, 0.29) is 42.7 Å². The zero-order valence-electron chi connectivity index (χ0n) is 19.7. The summed E-state index contributed by atoms with van der Waals surface area (Å²) in [4.78, 5) is 25.0. The number of sulfonamides is 1. The molecular weight excluding hydrogens is 462 g/mol. The number of hydrogen-bond donors (Lipinski definition) is 0. The third kappa shape index (κ3) is 5.48. The molecule has 0 bridgehead atoms. The third-order valence-corrected chi connectivity index (χ3v) is 7.55. The molecule has 0 aromatic heterocycles. The lowest BCUT2D eigenvalue weighted by Gasteiger charge is -2.34. The van der Waals surface area contributed by atoms with Gasteiger partial charge >= 0.3 is 0 Å². The molecule has 11 heteroatoms. The molecular formula is C23H29N3O7S. The lowest BCUT2D eigenvalue weighted by atomic mass is 10.1. The van der Waals surface area contributed by atoms with Gasteiger partial charge in [-0.25, -0.2) is 8.42 Å². The maximum absolute atomic E-state index is 13.1. The number of carbonyl (C=O) groups excluding carboxylic acids is 1. The van der Waals surface area contributed by atoms with E-state index in [1.807, 2.05) is 13.8 Å². The van der Waals surface area contributed by atoms with Gasteiger partial charge in [0, 0.05) is 43.9 Å². The number of non-ortho nitro benzene ring substituents is 1. The summed E-state index contributed by atoms with van der Waals surface area (Å²) in [5, 5.41) is 11.1. The predicted octanol–water partition coefficient (Wildman–Crippen LogP) is 3.09. The number of nitro benzene ring substituents is 1. The fourth-order valence-corrected chi connectivity index (χ4v) is 5.28. The monoisotopic (exact) mass is 491 g/mol. The first kappa shape index (κ1) is 25.4. The van der Waals surface area contributed by atoms with Crippen LogP contribution < -0.4 is 9.47 Å². The van der Waals surface area contributed by atoms with E-state index in [1.165, 1.54) is 23.5 Å². The van der Waals surface area contributed by atoms with Crippen molar-refractivity contribution in [1.29, 1.82) is 0 Å². The van der Waals surface area contributed by atoms with Crippen LogP contribution in [0.25, 0.3) is 0 Å². The highest BCUT2D eigenvalue weighted by Gasteiger charge is 2.32. The number of aryl methyl sites for hydroxylation is 1. The van der Waals surface area contributed by atoms with Gasteiger partial charge in [0.25, 0.3) is 11.6 Å². The number of ether oxygens (including phenoxy) is 2. The standard InChI is InChI=1S/C23H29N3O7S/c1-16(2)15-33-20-8-6-18(13-21(20)32-4)23(27)24-9-11-25(12-10-24)34(30,31)22-14-19(26(28)29)7-5-17(22)3/h5-8,13-14,16H,9-12,15H2,1-4H3. The first-order valence-electron chi connectivity index (χ1n) is 10.9. The molecule has 0 atom stereocenters.